The van der Waals surface area contributed by atoms with Gasteiger partial charge in [0, 0.05) is 6.20 Å². The molecule has 0 aliphatic carbocycles. The van der Waals surface area contributed by atoms with Gasteiger partial charge in [0.1, 0.15) is 12.6 Å². The highest BCUT2D eigenvalue weighted by Crippen LogP contribution is 2.20. The van der Waals surface area contributed by atoms with Gasteiger partial charge in [-0.05, 0) is 19.8 Å². The van der Waals surface area contributed by atoms with Crippen molar-refractivity contribution in [1.29, 1.82) is 5.26 Å². The molecule has 0 radical (unpaired) electrons. The summed E-state index contributed by atoms with van der Waals surface area (Å²) in [6, 6.07) is 1.97. The summed E-state index contributed by atoms with van der Waals surface area (Å²) >= 11 is 0. The molecule has 1 fully saturated rings. The smallest absolute Gasteiger partial charge is 0.253 e. The minimum Gasteiger partial charge on any atom is -0.365 e. The van der Waals surface area contributed by atoms with E-state index in [0.29, 0.717) is 5.69 Å². The number of hydrogen-bond acceptors (Lipinski definition) is 4. The number of aromatic nitrogens is 2. The molecule has 1 saturated heterocycles. The van der Waals surface area contributed by atoms with Crippen LogP contribution in [0.1, 0.15) is 19.8 Å². The summed E-state index contributed by atoms with van der Waals surface area (Å²) in [5.74, 6) is -0.147. The van der Waals surface area contributed by atoms with Gasteiger partial charge in [0.25, 0.3) is 5.91 Å². The highest BCUT2D eigenvalue weighted by Gasteiger charge is 2.28. The molecule has 1 N–H and O–H groups in total. The van der Waals surface area contributed by atoms with Crippen molar-refractivity contribution >= 4 is 11.6 Å². The topological polar surface area (TPSA) is 79.9 Å². The fraction of sp³-hybridized carbons (Fsp3) is 0.545. The lowest BCUT2D eigenvalue weighted by Gasteiger charge is -2.10. The van der Waals surface area contributed by atoms with Crippen LogP contribution in [-0.2, 0) is 16.1 Å². The molecule has 0 spiro atoms. The van der Waals surface area contributed by atoms with E-state index in [1.54, 1.807) is 6.20 Å². The Morgan fingerprint density at radius 3 is 3.24 bits per heavy atom. The summed E-state index contributed by atoms with van der Waals surface area (Å²) in [5, 5.41) is 15.2. The Morgan fingerprint density at radius 1 is 1.76 bits per heavy atom. The summed E-state index contributed by atoms with van der Waals surface area (Å²) in [5.41, 5.74) is 0.591. The fourth-order valence-corrected chi connectivity index (χ4v) is 1.81. The molecule has 1 aliphatic rings. The number of amides is 1. The van der Waals surface area contributed by atoms with Gasteiger partial charge in [0.15, 0.2) is 0 Å². The standard InChI is InChI=1S/C11H14N4O2/c1-8-2-3-10(17-8)11(16)14-9-6-13-15(7-9)5-4-12/h6-8,10H,2-3,5H2,1H3,(H,14,16). The zero-order valence-corrected chi connectivity index (χ0v) is 9.59. The number of anilines is 1. The zero-order valence-electron chi connectivity index (χ0n) is 9.59. The van der Waals surface area contributed by atoms with E-state index in [2.05, 4.69) is 10.4 Å². The Kier molecular flexibility index (Phi) is 3.40. The molecule has 1 aliphatic heterocycles. The Morgan fingerprint density at radius 2 is 2.59 bits per heavy atom. The first-order valence-electron chi connectivity index (χ1n) is 5.55. The molecular weight excluding hydrogens is 220 g/mol. The van der Waals surface area contributed by atoms with Gasteiger partial charge in [-0.25, -0.2) is 0 Å². The minimum atomic E-state index is -0.371. The molecule has 1 amide bonds. The fourth-order valence-electron chi connectivity index (χ4n) is 1.81. The van der Waals surface area contributed by atoms with E-state index >= 15 is 0 Å². The lowest BCUT2D eigenvalue weighted by Crippen LogP contribution is -2.27. The third-order valence-corrected chi connectivity index (χ3v) is 2.66. The van der Waals surface area contributed by atoms with Gasteiger partial charge in [-0.1, -0.05) is 0 Å². The van der Waals surface area contributed by atoms with Crippen molar-refractivity contribution in [3.05, 3.63) is 12.4 Å². The molecule has 2 rings (SSSR count). The Bertz CT molecular complexity index is 449. The number of nitrogens with zero attached hydrogens (tertiary/aromatic N) is 3. The van der Waals surface area contributed by atoms with E-state index in [4.69, 9.17) is 10.00 Å². The van der Waals surface area contributed by atoms with Gasteiger partial charge in [0.2, 0.25) is 0 Å². The highest BCUT2D eigenvalue weighted by molar-refractivity contribution is 5.94. The normalized spacial score (nSPS) is 23.3. The number of nitriles is 1. The van der Waals surface area contributed by atoms with Crippen LogP contribution in [0.5, 0.6) is 0 Å². The van der Waals surface area contributed by atoms with Crippen LogP contribution in [0.4, 0.5) is 5.69 Å². The van der Waals surface area contributed by atoms with E-state index < -0.39 is 0 Å². The lowest BCUT2D eigenvalue weighted by atomic mass is 10.2. The van der Waals surface area contributed by atoms with Crippen LogP contribution in [0.15, 0.2) is 12.4 Å². The van der Waals surface area contributed by atoms with Crippen molar-refractivity contribution in [2.45, 2.75) is 38.5 Å². The highest BCUT2D eigenvalue weighted by atomic mass is 16.5. The van der Waals surface area contributed by atoms with E-state index in [1.165, 1.54) is 10.9 Å². The second-order valence-corrected chi connectivity index (χ2v) is 4.09. The lowest BCUT2D eigenvalue weighted by molar-refractivity contribution is -0.126. The van der Waals surface area contributed by atoms with Gasteiger partial charge < -0.3 is 10.1 Å². The van der Waals surface area contributed by atoms with Gasteiger partial charge in [-0.3, -0.25) is 9.48 Å². The van der Waals surface area contributed by atoms with Crippen molar-refractivity contribution in [2.75, 3.05) is 5.32 Å². The molecule has 2 heterocycles. The second-order valence-electron chi connectivity index (χ2n) is 4.09. The van der Waals surface area contributed by atoms with Gasteiger partial charge >= 0.3 is 0 Å². The average Bonchev–Trinajstić information content (AvgIpc) is 2.88. The van der Waals surface area contributed by atoms with Crippen molar-refractivity contribution < 1.29 is 9.53 Å². The summed E-state index contributed by atoms with van der Waals surface area (Å²) in [6.07, 6.45) is 4.58. The molecule has 6 heteroatoms. The number of ether oxygens (including phenoxy) is 1. The van der Waals surface area contributed by atoms with Gasteiger partial charge in [0.05, 0.1) is 24.1 Å². The van der Waals surface area contributed by atoms with Crippen molar-refractivity contribution in [2.24, 2.45) is 0 Å². The minimum absolute atomic E-state index is 0.145. The maximum atomic E-state index is 11.8. The summed E-state index contributed by atoms with van der Waals surface area (Å²) in [6.45, 7) is 2.13. The van der Waals surface area contributed by atoms with Crippen LogP contribution in [0.2, 0.25) is 0 Å². The van der Waals surface area contributed by atoms with Crippen molar-refractivity contribution in [3.63, 3.8) is 0 Å². The molecule has 0 bridgehead atoms. The monoisotopic (exact) mass is 234 g/mol. The maximum Gasteiger partial charge on any atom is 0.253 e. The number of hydrogen-bond donors (Lipinski definition) is 1. The van der Waals surface area contributed by atoms with Crippen LogP contribution in [0.3, 0.4) is 0 Å². The summed E-state index contributed by atoms with van der Waals surface area (Å²) in [7, 11) is 0. The van der Waals surface area contributed by atoms with Gasteiger partial charge in [-0.2, -0.15) is 10.4 Å². The second kappa shape index (κ2) is 4.97. The SMILES string of the molecule is CC1CCC(C(=O)Nc2cnn(CC#N)c2)O1. The van der Waals surface area contributed by atoms with Crippen LogP contribution < -0.4 is 5.32 Å². The van der Waals surface area contributed by atoms with Crippen molar-refractivity contribution in [3.8, 4) is 6.07 Å². The van der Waals surface area contributed by atoms with Crippen LogP contribution >= 0.6 is 0 Å². The van der Waals surface area contributed by atoms with Gasteiger partial charge in [-0.15, -0.1) is 0 Å². The third kappa shape index (κ3) is 2.82. The van der Waals surface area contributed by atoms with Crippen LogP contribution in [-0.4, -0.2) is 27.9 Å². The first-order chi connectivity index (χ1) is 8.19. The Labute approximate surface area is 99.2 Å². The number of carbonyl (C=O) groups excluding carboxylic acids is 1. The molecular formula is C11H14N4O2. The largest absolute Gasteiger partial charge is 0.365 e. The number of carbonyl (C=O) groups is 1. The first-order valence-corrected chi connectivity index (χ1v) is 5.55. The molecule has 17 heavy (non-hydrogen) atoms. The molecule has 6 nitrogen and oxygen atoms in total. The predicted molar refractivity (Wildman–Crippen MR) is 60.0 cm³/mol. The molecule has 2 atom stereocenters. The van der Waals surface area contributed by atoms with Crippen LogP contribution in [0, 0.1) is 11.3 Å². The zero-order chi connectivity index (χ0) is 12.3. The first kappa shape index (κ1) is 11.6. The van der Waals surface area contributed by atoms with E-state index in [0.717, 1.165) is 12.8 Å². The molecule has 90 valence electrons. The quantitative estimate of drug-likeness (QED) is 0.843. The molecule has 0 aromatic carbocycles. The Hall–Kier alpha value is -1.87. The summed E-state index contributed by atoms with van der Waals surface area (Å²) < 4.78 is 6.92. The van der Waals surface area contributed by atoms with Crippen molar-refractivity contribution in [1.82, 2.24) is 9.78 Å². The predicted octanol–water partition coefficient (Wildman–Crippen LogP) is 0.913. The molecule has 1 aromatic rings. The average molecular weight is 234 g/mol. The third-order valence-electron chi connectivity index (χ3n) is 2.66. The molecule has 1 aromatic heterocycles. The van der Waals surface area contributed by atoms with E-state index in [1.807, 2.05) is 13.0 Å². The molecule has 0 saturated carbocycles. The van der Waals surface area contributed by atoms with Crippen LogP contribution in [0.25, 0.3) is 0 Å². The maximum absolute atomic E-state index is 11.8. The number of rotatable bonds is 3. The van der Waals surface area contributed by atoms with E-state index in [9.17, 15) is 4.79 Å². The summed E-state index contributed by atoms with van der Waals surface area (Å²) in [4.78, 5) is 11.8. The molecule has 2 unspecified atom stereocenters. The van der Waals surface area contributed by atoms with E-state index in [-0.39, 0.29) is 24.7 Å². The number of nitrogens with one attached hydrogen (secondary N) is 1. The Balaban J connectivity index is 1.91.